The van der Waals surface area contributed by atoms with Gasteiger partial charge in [-0.2, -0.15) is 0 Å². The molecular weight excluding hydrogens is 236 g/mol. The highest BCUT2D eigenvalue weighted by Crippen LogP contribution is 2.20. The van der Waals surface area contributed by atoms with E-state index in [4.69, 9.17) is 4.74 Å². The van der Waals surface area contributed by atoms with Crippen molar-refractivity contribution in [1.82, 2.24) is 0 Å². The van der Waals surface area contributed by atoms with Gasteiger partial charge in [0.25, 0.3) is 0 Å². The standard InChI is InChI=1S/C17H20O2/c1-14-7-5-6-10-17(14)16(11-18)13-19-12-15-8-3-2-4-9-15/h2-10,16,18H,11-13H2,1H3. The molecule has 100 valence electrons. The third-order valence-corrected chi connectivity index (χ3v) is 3.28. The Balaban J connectivity index is 1.92. The molecule has 1 N–H and O–H groups in total. The van der Waals surface area contributed by atoms with Gasteiger partial charge in [-0.05, 0) is 23.6 Å². The Morgan fingerprint density at radius 3 is 2.37 bits per heavy atom. The van der Waals surface area contributed by atoms with Crippen LogP contribution in [0.2, 0.25) is 0 Å². The van der Waals surface area contributed by atoms with Gasteiger partial charge in [0, 0.05) is 5.92 Å². The van der Waals surface area contributed by atoms with Crippen molar-refractivity contribution in [1.29, 1.82) is 0 Å². The Hall–Kier alpha value is -1.64. The lowest BCUT2D eigenvalue weighted by molar-refractivity contribution is 0.0881. The summed E-state index contributed by atoms with van der Waals surface area (Å²) in [6.07, 6.45) is 0. The van der Waals surface area contributed by atoms with Crippen LogP contribution in [0.3, 0.4) is 0 Å². The number of ether oxygens (including phenoxy) is 1. The second kappa shape index (κ2) is 7.07. The summed E-state index contributed by atoms with van der Waals surface area (Å²) in [6.45, 7) is 3.30. The van der Waals surface area contributed by atoms with Gasteiger partial charge in [0.1, 0.15) is 0 Å². The van der Waals surface area contributed by atoms with Gasteiger partial charge in [-0.3, -0.25) is 0 Å². The third-order valence-electron chi connectivity index (χ3n) is 3.28. The SMILES string of the molecule is Cc1ccccc1C(CO)COCc1ccccc1. The summed E-state index contributed by atoms with van der Waals surface area (Å²) in [5.41, 5.74) is 3.52. The average Bonchev–Trinajstić information content (AvgIpc) is 2.46. The molecule has 1 unspecified atom stereocenters. The van der Waals surface area contributed by atoms with E-state index in [2.05, 4.69) is 19.1 Å². The summed E-state index contributed by atoms with van der Waals surface area (Å²) in [7, 11) is 0. The summed E-state index contributed by atoms with van der Waals surface area (Å²) in [6, 6.07) is 18.2. The van der Waals surface area contributed by atoms with E-state index < -0.39 is 0 Å². The summed E-state index contributed by atoms with van der Waals surface area (Å²) in [5.74, 6) is 0.0462. The molecule has 2 aromatic rings. The van der Waals surface area contributed by atoms with E-state index in [1.54, 1.807) is 0 Å². The van der Waals surface area contributed by atoms with Gasteiger partial charge in [0.2, 0.25) is 0 Å². The summed E-state index contributed by atoms with van der Waals surface area (Å²) < 4.78 is 5.72. The molecule has 0 aliphatic heterocycles. The van der Waals surface area contributed by atoms with Crippen LogP contribution >= 0.6 is 0 Å². The minimum atomic E-state index is 0.0462. The molecule has 0 radical (unpaired) electrons. The molecule has 2 nitrogen and oxygen atoms in total. The summed E-state index contributed by atoms with van der Waals surface area (Å²) in [5, 5.41) is 9.52. The summed E-state index contributed by atoms with van der Waals surface area (Å²) in [4.78, 5) is 0. The van der Waals surface area contributed by atoms with Crippen LogP contribution in [-0.4, -0.2) is 18.3 Å². The molecule has 0 saturated heterocycles. The maximum atomic E-state index is 9.52. The molecule has 19 heavy (non-hydrogen) atoms. The first-order valence-electron chi connectivity index (χ1n) is 6.59. The normalized spacial score (nSPS) is 12.3. The van der Waals surface area contributed by atoms with Crippen LogP contribution in [-0.2, 0) is 11.3 Å². The van der Waals surface area contributed by atoms with Crippen LogP contribution in [0, 0.1) is 6.92 Å². The molecule has 2 rings (SSSR count). The molecular formula is C17H20O2. The molecule has 0 aliphatic rings. The van der Waals surface area contributed by atoms with Crippen molar-refractivity contribution < 1.29 is 9.84 Å². The fourth-order valence-corrected chi connectivity index (χ4v) is 2.18. The van der Waals surface area contributed by atoms with Gasteiger partial charge >= 0.3 is 0 Å². The van der Waals surface area contributed by atoms with Gasteiger partial charge in [0.05, 0.1) is 19.8 Å². The van der Waals surface area contributed by atoms with E-state index in [-0.39, 0.29) is 12.5 Å². The van der Waals surface area contributed by atoms with E-state index >= 15 is 0 Å². The Morgan fingerprint density at radius 1 is 1.00 bits per heavy atom. The molecule has 0 aliphatic carbocycles. The van der Waals surface area contributed by atoms with Crippen molar-refractivity contribution in [2.75, 3.05) is 13.2 Å². The fraction of sp³-hybridized carbons (Fsp3) is 0.294. The molecule has 0 aromatic heterocycles. The molecule has 0 bridgehead atoms. The maximum Gasteiger partial charge on any atom is 0.0717 e. The topological polar surface area (TPSA) is 29.5 Å². The predicted octanol–water partition coefficient (Wildman–Crippen LogP) is 3.29. The number of hydrogen-bond donors (Lipinski definition) is 1. The van der Waals surface area contributed by atoms with E-state index in [0.29, 0.717) is 13.2 Å². The zero-order chi connectivity index (χ0) is 13.5. The number of aryl methyl sites for hydroxylation is 1. The van der Waals surface area contributed by atoms with Crippen LogP contribution in [0.4, 0.5) is 0 Å². The lowest BCUT2D eigenvalue weighted by Crippen LogP contribution is -2.13. The van der Waals surface area contributed by atoms with Crippen molar-refractivity contribution in [2.24, 2.45) is 0 Å². The van der Waals surface area contributed by atoms with Crippen molar-refractivity contribution in [2.45, 2.75) is 19.4 Å². The number of hydrogen-bond acceptors (Lipinski definition) is 2. The van der Waals surface area contributed by atoms with Crippen LogP contribution < -0.4 is 0 Å². The van der Waals surface area contributed by atoms with Crippen molar-refractivity contribution in [3.63, 3.8) is 0 Å². The second-order valence-corrected chi connectivity index (χ2v) is 4.74. The van der Waals surface area contributed by atoms with Gasteiger partial charge in [-0.1, -0.05) is 54.6 Å². The van der Waals surface area contributed by atoms with E-state index in [0.717, 1.165) is 11.1 Å². The Morgan fingerprint density at radius 2 is 1.68 bits per heavy atom. The Kier molecular flexibility index (Phi) is 5.13. The predicted molar refractivity (Wildman–Crippen MR) is 77.1 cm³/mol. The molecule has 2 heteroatoms. The highest BCUT2D eigenvalue weighted by molar-refractivity contribution is 5.29. The van der Waals surface area contributed by atoms with Crippen molar-refractivity contribution in [3.05, 3.63) is 71.3 Å². The number of aliphatic hydroxyl groups is 1. The zero-order valence-corrected chi connectivity index (χ0v) is 11.3. The Bertz CT molecular complexity index is 494. The van der Waals surface area contributed by atoms with Crippen molar-refractivity contribution >= 4 is 0 Å². The highest BCUT2D eigenvalue weighted by Gasteiger charge is 2.12. The monoisotopic (exact) mass is 256 g/mol. The quantitative estimate of drug-likeness (QED) is 0.859. The summed E-state index contributed by atoms with van der Waals surface area (Å²) >= 11 is 0. The maximum absolute atomic E-state index is 9.52. The molecule has 0 amide bonds. The van der Waals surface area contributed by atoms with Crippen molar-refractivity contribution in [3.8, 4) is 0 Å². The van der Waals surface area contributed by atoms with Crippen LogP contribution in [0.15, 0.2) is 54.6 Å². The highest BCUT2D eigenvalue weighted by atomic mass is 16.5. The largest absolute Gasteiger partial charge is 0.396 e. The van der Waals surface area contributed by atoms with E-state index in [1.165, 1.54) is 5.56 Å². The van der Waals surface area contributed by atoms with Gasteiger partial charge in [0.15, 0.2) is 0 Å². The van der Waals surface area contributed by atoms with E-state index in [1.807, 2.05) is 42.5 Å². The Labute approximate surface area is 114 Å². The van der Waals surface area contributed by atoms with Crippen LogP contribution in [0.25, 0.3) is 0 Å². The number of benzene rings is 2. The van der Waals surface area contributed by atoms with E-state index in [9.17, 15) is 5.11 Å². The first-order chi connectivity index (χ1) is 9.31. The lowest BCUT2D eigenvalue weighted by atomic mass is 9.96. The molecule has 1 atom stereocenters. The first kappa shape index (κ1) is 13.8. The first-order valence-corrected chi connectivity index (χ1v) is 6.59. The molecule has 0 heterocycles. The molecule has 0 spiro atoms. The zero-order valence-electron chi connectivity index (χ0n) is 11.3. The molecule has 0 saturated carbocycles. The molecule has 0 fully saturated rings. The number of aliphatic hydroxyl groups excluding tert-OH is 1. The second-order valence-electron chi connectivity index (χ2n) is 4.74. The molecule has 2 aromatic carbocycles. The minimum Gasteiger partial charge on any atom is -0.396 e. The van der Waals surface area contributed by atoms with Crippen LogP contribution in [0.5, 0.6) is 0 Å². The smallest absolute Gasteiger partial charge is 0.0717 e. The lowest BCUT2D eigenvalue weighted by Gasteiger charge is -2.17. The fourth-order valence-electron chi connectivity index (χ4n) is 2.18. The number of rotatable bonds is 6. The van der Waals surface area contributed by atoms with Gasteiger partial charge < -0.3 is 9.84 Å². The van der Waals surface area contributed by atoms with Crippen LogP contribution in [0.1, 0.15) is 22.6 Å². The van der Waals surface area contributed by atoms with Gasteiger partial charge in [-0.25, -0.2) is 0 Å². The minimum absolute atomic E-state index is 0.0462. The average molecular weight is 256 g/mol. The van der Waals surface area contributed by atoms with Gasteiger partial charge in [-0.15, -0.1) is 0 Å². The third kappa shape index (κ3) is 3.91.